The zero-order chi connectivity index (χ0) is 9.56. The van der Waals surface area contributed by atoms with Gasteiger partial charge in [-0.15, -0.1) is 0 Å². The highest BCUT2D eigenvalue weighted by atomic mass is 16.4. The number of carboxylic acids is 1. The maximum absolute atomic E-state index is 10.6. The molecule has 0 aliphatic rings. The Labute approximate surface area is 75.0 Å². The zero-order valence-electron chi connectivity index (χ0n) is 8.34. The van der Waals surface area contributed by atoms with Crippen LogP contribution in [0.3, 0.4) is 0 Å². The van der Waals surface area contributed by atoms with Crippen molar-refractivity contribution in [2.45, 2.75) is 46.5 Å². The molecule has 1 N–H and O–H groups in total. The van der Waals surface area contributed by atoms with E-state index in [1.807, 2.05) is 6.92 Å². The van der Waals surface area contributed by atoms with E-state index < -0.39 is 5.97 Å². The van der Waals surface area contributed by atoms with Gasteiger partial charge in [-0.05, 0) is 12.3 Å². The average Bonchev–Trinajstić information content (AvgIpc) is 2.03. The largest absolute Gasteiger partial charge is 0.481 e. The molecule has 2 atom stereocenters. The quantitative estimate of drug-likeness (QED) is 0.625. The first-order valence-electron chi connectivity index (χ1n) is 4.82. The molecule has 0 rings (SSSR count). The molecule has 72 valence electrons. The number of carboxylic acid groups (broad SMARTS) is 1. The molecule has 2 heteroatoms. The van der Waals surface area contributed by atoms with Crippen molar-refractivity contribution in [2.24, 2.45) is 11.8 Å². The van der Waals surface area contributed by atoms with Crippen molar-refractivity contribution in [1.29, 1.82) is 0 Å². The van der Waals surface area contributed by atoms with Crippen molar-refractivity contribution in [3.63, 3.8) is 0 Å². The molecule has 1 unspecified atom stereocenters. The summed E-state index contributed by atoms with van der Waals surface area (Å²) in [5.41, 5.74) is 0. The van der Waals surface area contributed by atoms with Crippen LogP contribution in [0.25, 0.3) is 0 Å². The van der Waals surface area contributed by atoms with E-state index in [9.17, 15) is 4.79 Å². The summed E-state index contributed by atoms with van der Waals surface area (Å²) in [7, 11) is 0. The van der Waals surface area contributed by atoms with Crippen LogP contribution in [-0.2, 0) is 4.79 Å². The van der Waals surface area contributed by atoms with Crippen LogP contribution < -0.4 is 0 Å². The Bertz CT molecular complexity index is 132. The predicted octanol–water partition coefficient (Wildman–Crippen LogP) is 2.92. The lowest BCUT2D eigenvalue weighted by Gasteiger charge is -2.14. The number of hydrogen-bond donors (Lipinski definition) is 1. The van der Waals surface area contributed by atoms with Crippen LogP contribution in [0.2, 0.25) is 0 Å². The maximum Gasteiger partial charge on any atom is 0.306 e. The molecule has 0 aliphatic heterocycles. The van der Waals surface area contributed by atoms with Crippen molar-refractivity contribution in [3.05, 3.63) is 0 Å². The summed E-state index contributed by atoms with van der Waals surface area (Å²) in [5.74, 6) is -0.546. The highest BCUT2D eigenvalue weighted by Crippen LogP contribution is 2.18. The molecule has 0 bridgehead atoms. The molecule has 0 spiro atoms. The van der Waals surface area contributed by atoms with Gasteiger partial charge in [0.15, 0.2) is 0 Å². The van der Waals surface area contributed by atoms with E-state index >= 15 is 0 Å². The van der Waals surface area contributed by atoms with Crippen molar-refractivity contribution < 1.29 is 9.90 Å². The third-order valence-electron chi connectivity index (χ3n) is 2.51. The van der Waals surface area contributed by atoms with Crippen molar-refractivity contribution >= 4 is 5.97 Å². The molecule has 0 aromatic carbocycles. The van der Waals surface area contributed by atoms with Crippen LogP contribution in [0.4, 0.5) is 0 Å². The highest BCUT2D eigenvalue weighted by molar-refractivity contribution is 5.69. The Morgan fingerprint density at radius 3 is 2.33 bits per heavy atom. The van der Waals surface area contributed by atoms with E-state index in [0.29, 0.717) is 5.92 Å². The Balaban J connectivity index is 3.56. The number of rotatable bonds is 6. The molecule has 0 amide bonds. The maximum atomic E-state index is 10.6. The molecule has 0 fully saturated rings. The smallest absolute Gasteiger partial charge is 0.306 e. The summed E-state index contributed by atoms with van der Waals surface area (Å²) in [4.78, 5) is 10.6. The molecule has 0 aromatic rings. The van der Waals surface area contributed by atoms with Crippen molar-refractivity contribution in [3.8, 4) is 0 Å². The van der Waals surface area contributed by atoms with Crippen LogP contribution in [-0.4, -0.2) is 11.1 Å². The van der Waals surface area contributed by atoms with Gasteiger partial charge in [-0.25, -0.2) is 0 Å². The van der Waals surface area contributed by atoms with Gasteiger partial charge in [0.1, 0.15) is 0 Å². The van der Waals surface area contributed by atoms with Gasteiger partial charge in [0.25, 0.3) is 0 Å². The lowest BCUT2D eigenvalue weighted by molar-refractivity contribution is -0.142. The fourth-order valence-corrected chi connectivity index (χ4v) is 1.21. The first kappa shape index (κ1) is 11.5. The van der Waals surface area contributed by atoms with E-state index in [4.69, 9.17) is 5.11 Å². The summed E-state index contributed by atoms with van der Waals surface area (Å²) in [6.07, 6.45) is 4.63. The third kappa shape index (κ3) is 4.37. The standard InChI is InChI=1S/C10H20O2/c1-4-5-6-7-8(2)9(3)10(11)12/h8-9H,4-7H2,1-3H3,(H,11,12)/t8-,9?/m1/s1. The van der Waals surface area contributed by atoms with Gasteiger partial charge in [-0.3, -0.25) is 4.79 Å². The lowest BCUT2D eigenvalue weighted by Crippen LogP contribution is -2.17. The summed E-state index contributed by atoms with van der Waals surface area (Å²) >= 11 is 0. The minimum Gasteiger partial charge on any atom is -0.481 e. The van der Waals surface area contributed by atoms with Gasteiger partial charge < -0.3 is 5.11 Å². The summed E-state index contributed by atoms with van der Waals surface area (Å²) < 4.78 is 0. The lowest BCUT2D eigenvalue weighted by atomic mass is 9.91. The number of unbranched alkanes of at least 4 members (excludes halogenated alkanes) is 2. The molecule has 0 aromatic heterocycles. The SMILES string of the molecule is CCCCC[C@@H](C)C(C)C(=O)O. The van der Waals surface area contributed by atoms with Crippen LogP contribution in [0.1, 0.15) is 46.5 Å². The second-order valence-corrected chi connectivity index (χ2v) is 3.60. The van der Waals surface area contributed by atoms with Crippen molar-refractivity contribution in [2.75, 3.05) is 0 Å². The Morgan fingerprint density at radius 1 is 1.33 bits per heavy atom. The first-order valence-corrected chi connectivity index (χ1v) is 4.82. The first-order chi connectivity index (χ1) is 5.59. The van der Waals surface area contributed by atoms with Crippen LogP contribution in [0, 0.1) is 11.8 Å². The molecular formula is C10H20O2. The Hall–Kier alpha value is -0.530. The van der Waals surface area contributed by atoms with Gasteiger partial charge in [0.05, 0.1) is 5.92 Å². The number of hydrogen-bond acceptors (Lipinski definition) is 1. The van der Waals surface area contributed by atoms with Gasteiger partial charge in [0.2, 0.25) is 0 Å². The average molecular weight is 172 g/mol. The second kappa shape index (κ2) is 6.04. The van der Waals surface area contributed by atoms with Crippen LogP contribution in [0.5, 0.6) is 0 Å². The van der Waals surface area contributed by atoms with Gasteiger partial charge in [-0.1, -0.05) is 40.0 Å². The zero-order valence-corrected chi connectivity index (χ0v) is 8.34. The topological polar surface area (TPSA) is 37.3 Å². The number of carbonyl (C=O) groups is 1. The van der Waals surface area contributed by atoms with E-state index in [0.717, 1.165) is 12.8 Å². The normalized spacial score (nSPS) is 15.6. The Kier molecular flexibility index (Phi) is 5.77. The minimum absolute atomic E-state index is 0.193. The highest BCUT2D eigenvalue weighted by Gasteiger charge is 2.18. The molecule has 0 aliphatic carbocycles. The van der Waals surface area contributed by atoms with Gasteiger partial charge in [0, 0.05) is 0 Å². The van der Waals surface area contributed by atoms with E-state index in [1.165, 1.54) is 12.8 Å². The molecular weight excluding hydrogens is 152 g/mol. The van der Waals surface area contributed by atoms with Crippen molar-refractivity contribution in [1.82, 2.24) is 0 Å². The molecule has 0 saturated heterocycles. The fraction of sp³-hybridized carbons (Fsp3) is 0.900. The van der Waals surface area contributed by atoms with E-state index in [2.05, 4.69) is 6.92 Å². The fourth-order valence-electron chi connectivity index (χ4n) is 1.21. The molecule has 2 nitrogen and oxygen atoms in total. The molecule has 0 radical (unpaired) electrons. The van der Waals surface area contributed by atoms with E-state index in [-0.39, 0.29) is 5.92 Å². The molecule has 0 saturated carbocycles. The minimum atomic E-state index is -0.668. The summed E-state index contributed by atoms with van der Waals surface area (Å²) in [5, 5.41) is 8.71. The van der Waals surface area contributed by atoms with Gasteiger partial charge >= 0.3 is 5.97 Å². The Morgan fingerprint density at radius 2 is 1.92 bits per heavy atom. The van der Waals surface area contributed by atoms with Gasteiger partial charge in [-0.2, -0.15) is 0 Å². The molecule has 12 heavy (non-hydrogen) atoms. The summed E-state index contributed by atoms with van der Waals surface area (Å²) in [6, 6.07) is 0. The van der Waals surface area contributed by atoms with Crippen LogP contribution in [0.15, 0.2) is 0 Å². The number of aliphatic carboxylic acids is 1. The van der Waals surface area contributed by atoms with Crippen LogP contribution >= 0.6 is 0 Å². The molecule has 0 heterocycles. The summed E-state index contributed by atoms with van der Waals surface area (Å²) in [6.45, 7) is 5.97. The monoisotopic (exact) mass is 172 g/mol. The second-order valence-electron chi connectivity index (χ2n) is 3.60. The van der Waals surface area contributed by atoms with E-state index in [1.54, 1.807) is 6.92 Å². The third-order valence-corrected chi connectivity index (χ3v) is 2.51. The predicted molar refractivity (Wildman–Crippen MR) is 50.1 cm³/mol.